The van der Waals surface area contributed by atoms with Crippen molar-refractivity contribution in [2.75, 3.05) is 40.9 Å². The smallest absolute Gasteiger partial charge is 0.268 e. The highest BCUT2D eigenvalue weighted by Gasteiger charge is 2.23. The number of rotatable bonds is 38. The van der Waals surface area contributed by atoms with Crippen LogP contribution in [0.15, 0.2) is 109 Å². The Balaban J connectivity index is 4.40. The predicted molar refractivity (Wildman–Crippen MR) is 246 cm³/mol. The average molecular weight is 827 g/mol. The maximum Gasteiger partial charge on any atom is 0.268 e. The van der Waals surface area contributed by atoms with E-state index in [1.54, 1.807) is 6.08 Å². The van der Waals surface area contributed by atoms with Crippen LogP contribution in [-0.4, -0.2) is 68.5 Å². The number of phosphoric acid groups is 1. The summed E-state index contributed by atoms with van der Waals surface area (Å²) in [7, 11) is 1.20. The summed E-state index contributed by atoms with van der Waals surface area (Å²) < 4.78 is 23.1. The van der Waals surface area contributed by atoms with Crippen molar-refractivity contribution in [3.8, 4) is 0 Å². The summed E-state index contributed by atoms with van der Waals surface area (Å²) in [6.07, 6.45) is 57.2. The van der Waals surface area contributed by atoms with Crippen LogP contribution >= 0.6 is 7.82 Å². The minimum Gasteiger partial charge on any atom is -0.756 e. The second kappa shape index (κ2) is 39.6. The lowest BCUT2D eigenvalue weighted by molar-refractivity contribution is -0.870. The summed E-state index contributed by atoms with van der Waals surface area (Å²) in [6, 6.07) is -0.924. The second-order valence-electron chi connectivity index (χ2n) is 15.6. The van der Waals surface area contributed by atoms with Crippen LogP contribution in [0, 0.1) is 0 Å². The van der Waals surface area contributed by atoms with Gasteiger partial charge in [0.2, 0.25) is 5.91 Å². The van der Waals surface area contributed by atoms with E-state index < -0.39 is 26.6 Å². The van der Waals surface area contributed by atoms with Gasteiger partial charge in [-0.1, -0.05) is 155 Å². The van der Waals surface area contributed by atoms with Crippen LogP contribution in [0.2, 0.25) is 0 Å². The Morgan fingerprint density at radius 1 is 0.621 bits per heavy atom. The average Bonchev–Trinajstić information content (AvgIpc) is 3.17. The molecule has 0 heterocycles. The lowest BCUT2D eigenvalue weighted by Gasteiger charge is -2.29. The first-order valence-corrected chi connectivity index (χ1v) is 23.7. The molecule has 0 bridgehead atoms. The van der Waals surface area contributed by atoms with Gasteiger partial charge in [0.15, 0.2) is 0 Å². The third-order valence-electron chi connectivity index (χ3n) is 8.93. The van der Waals surface area contributed by atoms with E-state index in [0.29, 0.717) is 17.4 Å². The fourth-order valence-electron chi connectivity index (χ4n) is 5.43. The molecule has 9 heteroatoms. The number of hydrogen-bond donors (Lipinski definition) is 2. The number of carbonyl (C=O) groups is 1. The molecule has 0 aromatic rings. The molecule has 0 aliphatic rings. The van der Waals surface area contributed by atoms with Crippen LogP contribution in [0.3, 0.4) is 0 Å². The standard InChI is InChI=1S/C49H83N2O6P/c1-6-8-10-12-14-16-18-19-20-21-22-23-24-25-26-27-28-29-30-31-33-35-37-39-41-43-49(53)50-47(46-57-58(54,55)56-45-44-51(3,4)5)48(52)42-40-38-36-34-32-17-15-13-11-9-7-2/h8,10-11,13-14,16,19-20,22-23,25-26,28-29,32,34,40,42,47-48,52H,6-7,9,12,15,17-18,21,24,27,30-31,33,35-39,41,43-46H2,1-5H3,(H-,50,53,54,55)/b10-8-,13-11+,16-14-,20-19-,23-22-,26-25-,29-28-,34-32+,42-40+. The fourth-order valence-corrected chi connectivity index (χ4v) is 6.15. The Kier molecular flexibility index (Phi) is 37.7. The number of nitrogens with one attached hydrogen (secondary N) is 1. The highest BCUT2D eigenvalue weighted by Crippen LogP contribution is 2.38. The number of phosphoric ester groups is 1. The van der Waals surface area contributed by atoms with E-state index in [4.69, 9.17) is 9.05 Å². The number of allylic oxidation sites excluding steroid dienone is 17. The molecule has 0 aliphatic heterocycles. The molecule has 8 nitrogen and oxygen atoms in total. The van der Waals surface area contributed by atoms with Crippen molar-refractivity contribution in [2.45, 2.75) is 154 Å². The zero-order valence-electron chi connectivity index (χ0n) is 37.2. The molecule has 1 amide bonds. The van der Waals surface area contributed by atoms with Gasteiger partial charge in [0.05, 0.1) is 39.9 Å². The molecule has 0 fully saturated rings. The quantitative estimate of drug-likeness (QED) is 0.0278. The van der Waals surface area contributed by atoms with E-state index in [9.17, 15) is 19.4 Å². The monoisotopic (exact) mass is 827 g/mol. The second-order valence-corrected chi connectivity index (χ2v) is 17.1. The minimum atomic E-state index is -4.61. The van der Waals surface area contributed by atoms with Gasteiger partial charge in [-0.3, -0.25) is 9.36 Å². The van der Waals surface area contributed by atoms with E-state index >= 15 is 0 Å². The molecule has 0 saturated heterocycles. The normalized spacial score (nSPS) is 15.4. The van der Waals surface area contributed by atoms with Crippen molar-refractivity contribution < 1.29 is 32.9 Å². The molecule has 0 rings (SSSR count). The molecule has 3 unspecified atom stereocenters. The van der Waals surface area contributed by atoms with E-state index in [1.807, 2.05) is 27.2 Å². The number of likely N-dealkylation sites (N-methyl/N-ethyl adjacent to an activating group) is 1. The first-order chi connectivity index (χ1) is 28.0. The lowest BCUT2D eigenvalue weighted by atomic mass is 10.1. The van der Waals surface area contributed by atoms with Crippen molar-refractivity contribution in [1.82, 2.24) is 5.32 Å². The Hall–Kier alpha value is -2.84. The number of quaternary nitrogens is 1. The van der Waals surface area contributed by atoms with Gasteiger partial charge in [0, 0.05) is 6.42 Å². The van der Waals surface area contributed by atoms with Gasteiger partial charge in [-0.15, -0.1) is 0 Å². The number of nitrogens with zero attached hydrogens (tertiary/aromatic N) is 1. The SMILES string of the molecule is CC/C=C\C/C=C\C/C=C\C/C=C\C/C=C\C/C=C\CCCCCCCCC(=O)NC(COP(=O)([O-])OCC[N+](C)(C)C)C(O)/C=C/CC/C=C/CC/C=C/CCC. The molecular weight excluding hydrogens is 744 g/mol. The molecule has 0 saturated carbocycles. The molecular formula is C49H83N2O6P. The van der Waals surface area contributed by atoms with Crippen LogP contribution in [0.1, 0.15) is 142 Å². The Bertz CT molecular complexity index is 1300. The number of hydrogen-bond acceptors (Lipinski definition) is 6. The number of amides is 1. The highest BCUT2D eigenvalue weighted by molar-refractivity contribution is 7.45. The molecule has 0 radical (unpaired) electrons. The molecule has 2 N–H and O–H groups in total. The lowest BCUT2D eigenvalue weighted by Crippen LogP contribution is -2.45. The highest BCUT2D eigenvalue weighted by atomic mass is 31.2. The third kappa shape index (κ3) is 41.3. The number of carbonyl (C=O) groups excluding carboxylic acids is 1. The first-order valence-electron chi connectivity index (χ1n) is 22.2. The van der Waals surface area contributed by atoms with Crippen molar-refractivity contribution in [3.63, 3.8) is 0 Å². The van der Waals surface area contributed by atoms with Crippen molar-refractivity contribution in [1.29, 1.82) is 0 Å². The number of aliphatic hydroxyl groups excluding tert-OH is 1. The Morgan fingerprint density at radius 2 is 1.07 bits per heavy atom. The van der Waals surface area contributed by atoms with Gasteiger partial charge in [0.1, 0.15) is 13.2 Å². The molecule has 3 atom stereocenters. The zero-order valence-corrected chi connectivity index (χ0v) is 38.1. The van der Waals surface area contributed by atoms with Crippen molar-refractivity contribution >= 4 is 13.7 Å². The van der Waals surface area contributed by atoms with E-state index in [2.05, 4.69) is 116 Å². The maximum absolute atomic E-state index is 12.8. The number of aliphatic hydroxyl groups is 1. The molecule has 0 aliphatic carbocycles. The van der Waals surface area contributed by atoms with Gasteiger partial charge >= 0.3 is 0 Å². The maximum atomic E-state index is 12.8. The van der Waals surface area contributed by atoms with Crippen LogP contribution in [-0.2, 0) is 18.4 Å². The minimum absolute atomic E-state index is 0.0190. The summed E-state index contributed by atoms with van der Waals surface area (Å²) >= 11 is 0. The number of unbranched alkanes of at least 4 members (excludes halogenated alkanes) is 9. The Labute approximate surface area is 355 Å². The largest absolute Gasteiger partial charge is 0.756 e. The summed E-state index contributed by atoms with van der Waals surface area (Å²) in [4.78, 5) is 25.3. The van der Waals surface area contributed by atoms with Crippen molar-refractivity contribution in [2.24, 2.45) is 0 Å². The molecule has 0 spiro atoms. The van der Waals surface area contributed by atoms with E-state index in [0.717, 1.165) is 122 Å². The summed E-state index contributed by atoms with van der Waals surface area (Å²) in [6.45, 7) is 4.37. The molecule has 0 aromatic carbocycles. The Morgan fingerprint density at radius 3 is 1.59 bits per heavy atom. The van der Waals surface area contributed by atoms with E-state index in [-0.39, 0.29) is 12.5 Å². The molecule has 58 heavy (non-hydrogen) atoms. The third-order valence-corrected chi connectivity index (χ3v) is 9.89. The van der Waals surface area contributed by atoms with E-state index in [1.165, 1.54) is 0 Å². The summed E-state index contributed by atoms with van der Waals surface area (Å²) in [5.41, 5.74) is 0. The zero-order chi connectivity index (χ0) is 42.8. The summed E-state index contributed by atoms with van der Waals surface area (Å²) in [5.74, 6) is -0.235. The van der Waals surface area contributed by atoms with Gasteiger partial charge < -0.3 is 28.8 Å². The van der Waals surface area contributed by atoms with Crippen LogP contribution in [0.25, 0.3) is 0 Å². The van der Waals surface area contributed by atoms with Crippen LogP contribution < -0.4 is 10.2 Å². The first kappa shape index (κ1) is 55.2. The van der Waals surface area contributed by atoms with Gasteiger partial charge in [-0.2, -0.15) is 0 Å². The summed E-state index contributed by atoms with van der Waals surface area (Å²) in [5, 5.41) is 13.7. The van der Waals surface area contributed by atoms with Crippen molar-refractivity contribution in [3.05, 3.63) is 109 Å². The molecule has 330 valence electrons. The van der Waals surface area contributed by atoms with Crippen LogP contribution in [0.4, 0.5) is 0 Å². The topological polar surface area (TPSA) is 108 Å². The fraction of sp³-hybridized carbons (Fsp3) is 0.612. The van der Waals surface area contributed by atoms with Gasteiger partial charge in [0.25, 0.3) is 7.82 Å². The van der Waals surface area contributed by atoms with Crippen LogP contribution in [0.5, 0.6) is 0 Å². The van der Waals surface area contributed by atoms with Gasteiger partial charge in [-0.25, -0.2) is 0 Å². The van der Waals surface area contributed by atoms with Gasteiger partial charge in [-0.05, 0) is 89.9 Å². The molecule has 0 aromatic heterocycles. The predicted octanol–water partition coefficient (Wildman–Crippen LogP) is 11.9.